The molecule has 0 bridgehead atoms. The minimum atomic E-state index is -0.0732. The van der Waals surface area contributed by atoms with Crippen LogP contribution in [0.3, 0.4) is 0 Å². The van der Waals surface area contributed by atoms with Gasteiger partial charge in [-0.3, -0.25) is 4.79 Å². The molecule has 26 heavy (non-hydrogen) atoms. The SMILES string of the molecule is CCc1cc2ccccc2nc1SCC(=O)Nc1cc(C)ccc1OC. The zero-order valence-electron chi connectivity index (χ0n) is 15.2. The van der Waals surface area contributed by atoms with E-state index in [2.05, 4.69) is 24.4 Å². The third-order valence-electron chi connectivity index (χ3n) is 4.11. The average Bonchev–Trinajstić information content (AvgIpc) is 2.65. The second kappa shape index (κ2) is 8.23. The van der Waals surface area contributed by atoms with Crippen LogP contribution in [0.2, 0.25) is 0 Å². The van der Waals surface area contributed by atoms with E-state index < -0.39 is 0 Å². The highest BCUT2D eigenvalue weighted by molar-refractivity contribution is 8.00. The number of hydrogen-bond donors (Lipinski definition) is 1. The highest BCUT2D eigenvalue weighted by Crippen LogP contribution is 2.28. The number of hydrogen-bond acceptors (Lipinski definition) is 4. The number of nitrogens with zero attached hydrogens (tertiary/aromatic N) is 1. The fourth-order valence-electron chi connectivity index (χ4n) is 2.76. The standard InChI is InChI=1S/C21H22N2O2S/c1-4-15-12-16-7-5-6-8-17(16)23-21(15)26-13-20(24)22-18-11-14(2)9-10-19(18)25-3/h5-12H,4,13H2,1-3H3,(H,22,24). The van der Waals surface area contributed by atoms with Crippen molar-refractivity contribution in [3.63, 3.8) is 0 Å². The molecular formula is C21H22N2O2S. The number of aromatic nitrogens is 1. The van der Waals surface area contributed by atoms with Crippen molar-refractivity contribution in [2.45, 2.75) is 25.3 Å². The van der Waals surface area contributed by atoms with E-state index in [4.69, 9.17) is 9.72 Å². The molecule has 0 atom stereocenters. The summed E-state index contributed by atoms with van der Waals surface area (Å²) in [4.78, 5) is 17.1. The summed E-state index contributed by atoms with van der Waals surface area (Å²) in [6.07, 6.45) is 0.882. The summed E-state index contributed by atoms with van der Waals surface area (Å²) in [6.45, 7) is 4.09. The molecule has 0 aliphatic heterocycles. The number of nitrogens with one attached hydrogen (secondary N) is 1. The van der Waals surface area contributed by atoms with Crippen LogP contribution >= 0.6 is 11.8 Å². The molecule has 1 aromatic heterocycles. The van der Waals surface area contributed by atoms with E-state index in [1.54, 1.807) is 7.11 Å². The van der Waals surface area contributed by atoms with Gasteiger partial charge in [0.2, 0.25) is 5.91 Å². The van der Waals surface area contributed by atoms with Crippen molar-refractivity contribution in [3.8, 4) is 5.75 Å². The third kappa shape index (κ3) is 4.17. The normalized spacial score (nSPS) is 10.7. The van der Waals surface area contributed by atoms with Crippen LogP contribution in [0, 0.1) is 6.92 Å². The lowest BCUT2D eigenvalue weighted by Gasteiger charge is -2.12. The summed E-state index contributed by atoms with van der Waals surface area (Å²) in [7, 11) is 1.60. The first-order chi connectivity index (χ1) is 12.6. The maximum absolute atomic E-state index is 12.4. The van der Waals surface area contributed by atoms with Crippen LogP contribution in [0.15, 0.2) is 53.6 Å². The van der Waals surface area contributed by atoms with E-state index >= 15 is 0 Å². The minimum Gasteiger partial charge on any atom is -0.495 e. The van der Waals surface area contributed by atoms with Gasteiger partial charge in [0.05, 0.1) is 24.1 Å². The average molecular weight is 366 g/mol. The van der Waals surface area contributed by atoms with Crippen LogP contribution in [0.1, 0.15) is 18.1 Å². The molecule has 3 rings (SSSR count). The topological polar surface area (TPSA) is 51.2 Å². The monoisotopic (exact) mass is 366 g/mol. The Kier molecular flexibility index (Phi) is 5.78. The summed E-state index contributed by atoms with van der Waals surface area (Å²) < 4.78 is 5.31. The minimum absolute atomic E-state index is 0.0732. The predicted molar refractivity (Wildman–Crippen MR) is 108 cm³/mol. The van der Waals surface area contributed by atoms with E-state index in [9.17, 15) is 4.79 Å². The molecule has 4 nitrogen and oxygen atoms in total. The molecule has 0 saturated heterocycles. The number of rotatable bonds is 6. The number of aryl methyl sites for hydroxylation is 2. The predicted octanol–water partition coefficient (Wildman–Crippen LogP) is 4.85. The molecule has 0 fully saturated rings. The highest BCUT2D eigenvalue weighted by Gasteiger charge is 2.11. The van der Waals surface area contributed by atoms with Crippen molar-refractivity contribution < 1.29 is 9.53 Å². The zero-order chi connectivity index (χ0) is 18.5. The van der Waals surface area contributed by atoms with E-state index in [0.29, 0.717) is 17.2 Å². The molecule has 0 radical (unpaired) electrons. The lowest BCUT2D eigenvalue weighted by atomic mass is 10.1. The summed E-state index contributed by atoms with van der Waals surface area (Å²) in [5.41, 5.74) is 3.88. The Morgan fingerprint density at radius 1 is 1.19 bits per heavy atom. The van der Waals surface area contributed by atoms with Gasteiger partial charge in [-0.1, -0.05) is 43.0 Å². The number of carbonyl (C=O) groups is 1. The molecule has 0 spiro atoms. The Hall–Kier alpha value is -2.53. The van der Waals surface area contributed by atoms with Crippen LogP contribution in [0.25, 0.3) is 10.9 Å². The molecule has 5 heteroatoms. The van der Waals surface area contributed by atoms with Crippen molar-refractivity contribution in [2.75, 3.05) is 18.2 Å². The molecule has 2 aromatic carbocycles. The number of benzene rings is 2. The quantitative estimate of drug-likeness (QED) is 0.634. The van der Waals surface area contributed by atoms with Crippen LogP contribution in [-0.2, 0) is 11.2 Å². The van der Waals surface area contributed by atoms with Gasteiger partial charge < -0.3 is 10.1 Å². The first kappa shape index (κ1) is 18.3. The van der Waals surface area contributed by atoms with Crippen molar-refractivity contribution in [1.82, 2.24) is 4.98 Å². The number of ether oxygens (including phenoxy) is 1. The first-order valence-electron chi connectivity index (χ1n) is 8.56. The van der Waals surface area contributed by atoms with Crippen LogP contribution < -0.4 is 10.1 Å². The van der Waals surface area contributed by atoms with E-state index in [0.717, 1.165) is 33.5 Å². The van der Waals surface area contributed by atoms with Gasteiger partial charge in [-0.05, 0) is 48.7 Å². The number of anilines is 1. The Bertz CT molecular complexity index is 940. The van der Waals surface area contributed by atoms with Gasteiger partial charge in [-0.25, -0.2) is 4.98 Å². The fourth-order valence-corrected chi connectivity index (χ4v) is 3.65. The molecule has 0 aliphatic carbocycles. The van der Waals surface area contributed by atoms with E-state index in [-0.39, 0.29) is 5.91 Å². The number of pyridine rings is 1. The number of thioether (sulfide) groups is 1. The van der Waals surface area contributed by atoms with Crippen molar-refractivity contribution in [1.29, 1.82) is 0 Å². The smallest absolute Gasteiger partial charge is 0.234 e. The van der Waals surface area contributed by atoms with E-state index in [1.807, 2.05) is 43.3 Å². The van der Waals surface area contributed by atoms with Crippen LogP contribution in [0.4, 0.5) is 5.69 Å². The van der Waals surface area contributed by atoms with Gasteiger partial charge in [0.1, 0.15) is 10.8 Å². The Labute approximate surface area is 158 Å². The lowest BCUT2D eigenvalue weighted by molar-refractivity contribution is -0.113. The summed E-state index contributed by atoms with van der Waals surface area (Å²) >= 11 is 1.47. The van der Waals surface area contributed by atoms with Gasteiger partial charge in [0.15, 0.2) is 0 Å². The second-order valence-corrected chi connectivity index (χ2v) is 7.00. The number of fused-ring (bicyclic) bond motifs is 1. The van der Waals surface area contributed by atoms with Gasteiger partial charge in [-0.15, -0.1) is 0 Å². The maximum Gasteiger partial charge on any atom is 0.234 e. The summed E-state index contributed by atoms with van der Waals surface area (Å²) in [5.74, 6) is 0.887. The second-order valence-electron chi connectivity index (χ2n) is 6.04. The molecule has 0 saturated carbocycles. The molecule has 0 unspecified atom stereocenters. The molecule has 1 amide bonds. The zero-order valence-corrected chi connectivity index (χ0v) is 16.0. The number of carbonyl (C=O) groups excluding carboxylic acids is 1. The molecule has 134 valence electrons. The lowest BCUT2D eigenvalue weighted by Crippen LogP contribution is -2.15. The fraction of sp³-hybridized carbons (Fsp3) is 0.238. The third-order valence-corrected chi connectivity index (χ3v) is 5.15. The molecule has 1 heterocycles. The number of methoxy groups -OCH3 is 1. The molecular weight excluding hydrogens is 344 g/mol. The summed E-state index contributed by atoms with van der Waals surface area (Å²) in [6, 6.07) is 15.9. The van der Waals surface area contributed by atoms with E-state index in [1.165, 1.54) is 11.8 Å². The van der Waals surface area contributed by atoms with Gasteiger partial charge >= 0.3 is 0 Å². The largest absolute Gasteiger partial charge is 0.495 e. The van der Waals surface area contributed by atoms with Crippen LogP contribution in [0.5, 0.6) is 5.75 Å². The number of para-hydroxylation sites is 1. The Morgan fingerprint density at radius 3 is 2.77 bits per heavy atom. The molecule has 3 aromatic rings. The number of amides is 1. The first-order valence-corrected chi connectivity index (χ1v) is 9.55. The molecule has 0 aliphatic rings. The van der Waals surface area contributed by atoms with Gasteiger partial charge in [0, 0.05) is 5.39 Å². The van der Waals surface area contributed by atoms with Crippen molar-refractivity contribution in [3.05, 3.63) is 59.7 Å². The summed E-state index contributed by atoms with van der Waals surface area (Å²) in [5, 5.41) is 4.98. The van der Waals surface area contributed by atoms with Crippen LogP contribution in [-0.4, -0.2) is 23.8 Å². The Balaban J connectivity index is 1.73. The van der Waals surface area contributed by atoms with Gasteiger partial charge in [0.25, 0.3) is 0 Å². The Morgan fingerprint density at radius 2 is 2.00 bits per heavy atom. The highest BCUT2D eigenvalue weighted by atomic mass is 32.2. The van der Waals surface area contributed by atoms with Gasteiger partial charge in [-0.2, -0.15) is 0 Å². The van der Waals surface area contributed by atoms with Crippen molar-refractivity contribution in [2.24, 2.45) is 0 Å². The molecule has 1 N–H and O–H groups in total. The maximum atomic E-state index is 12.4. The van der Waals surface area contributed by atoms with Crippen molar-refractivity contribution >= 4 is 34.3 Å².